The summed E-state index contributed by atoms with van der Waals surface area (Å²) in [6, 6.07) is 6.10. The summed E-state index contributed by atoms with van der Waals surface area (Å²) in [5.41, 5.74) is 0.425. The molecule has 0 aliphatic carbocycles. The molecule has 1 aliphatic rings. The van der Waals surface area contributed by atoms with Crippen LogP contribution in [0.1, 0.15) is 24.6 Å². The van der Waals surface area contributed by atoms with Crippen LogP contribution in [0, 0.1) is 5.92 Å². The lowest BCUT2D eigenvalue weighted by Gasteiger charge is -2.25. The van der Waals surface area contributed by atoms with E-state index in [1.807, 2.05) is 0 Å². The van der Waals surface area contributed by atoms with Gasteiger partial charge in [0.1, 0.15) is 21.8 Å². The summed E-state index contributed by atoms with van der Waals surface area (Å²) < 4.78 is 36.6. The van der Waals surface area contributed by atoms with Crippen molar-refractivity contribution in [2.24, 2.45) is 5.92 Å². The van der Waals surface area contributed by atoms with E-state index in [-0.39, 0.29) is 23.2 Å². The summed E-state index contributed by atoms with van der Waals surface area (Å²) in [5, 5.41) is 9.28. The van der Waals surface area contributed by atoms with Crippen LogP contribution in [-0.4, -0.2) is 25.0 Å². The molecule has 1 heterocycles. The lowest BCUT2D eigenvalue weighted by Crippen LogP contribution is -2.25. The van der Waals surface area contributed by atoms with Crippen molar-refractivity contribution in [2.75, 3.05) is 11.5 Å². The number of aromatic hydroxyl groups is 1. The Morgan fingerprint density at radius 2 is 1.94 bits per heavy atom. The van der Waals surface area contributed by atoms with Gasteiger partial charge in [-0.3, -0.25) is 0 Å². The van der Waals surface area contributed by atoms with E-state index in [0.717, 1.165) is 0 Å². The van der Waals surface area contributed by atoms with Gasteiger partial charge in [-0.05, 0) is 36.5 Å². The van der Waals surface area contributed by atoms with Gasteiger partial charge in [0.05, 0.1) is 11.5 Å². The van der Waals surface area contributed by atoms with Crippen LogP contribution < -0.4 is 0 Å². The highest BCUT2D eigenvalue weighted by atomic mass is 32.2. The lowest BCUT2D eigenvalue weighted by molar-refractivity contribution is 0.216. The van der Waals surface area contributed by atoms with Crippen molar-refractivity contribution < 1.29 is 17.9 Å². The Morgan fingerprint density at radius 1 is 1.29 bits per heavy atom. The number of alkyl halides is 1. The van der Waals surface area contributed by atoms with E-state index in [1.165, 1.54) is 12.1 Å². The zero-order chi connectivity index (χ0) is 12.5. The molecule has 5 heteroatoms. The molecule has 1 saturated heterocycles. The van der Waals surface area contributed by atoms with Crippen LogP contribution in [0.2, 0.25) is 0 Å². The van der Waals surface area contributed by atoms with E-state index in [9.17, 15) is 17.9 Å². The highest BCUT2D eigenvalue weighted by molar-refractivity contribution is 7.91. The number of benzene rings is 1. The minimum Gasteiger partial charge on any atom is -0.508 e. The van der Waals surface area contributed by atoms with Gasteiger partial charge in [0.25, 0.3) is 0 Å². The summed E-state index contributed by atoms with van der Waals surface area (Å²) >= 11 is 0. The zero-order valence-corrected chi connectivity index (χ0v) is 10.2. The normalized spacial score (nSPS) is 22.2. The summed E-state index contributed by atoms with van der Waals surface area (Å²) in [7, 11) is -2.96. The fourth-order valence-corrected chi connectivity index (χ4v) is 3.70. The summed E-state index contributed by atoms with van der Waals surface area (Å²) in [6.07, 6.45) is -0.476. The van der Waals surface area contributed by atoms with Crippen LogP contribution in [0.3, 0.4) is 0 Å². The van der Waals surface area contributed by atoms with E-state index in [1.54, 1.807) is 12.1 Å². The SMILES string of the molecule is O=S1(=O)CCC(C(F)c2cccc(O)c2)CC1. The first-order valence-corrected chi connectivity index (χ1v) is 7.43. The predicted octanol–water partition coefficient (Wildman–Crippen LogP) is 2.23. The first kappa shape index (κ1) is 12.4. The van der Waals surface area contributed by atoms with E-state index in [4.69, 9.17) is 0 Å². The molecule has 0 bridgehead atoms. The lowest BCUT2D eigenvalue weighted by atomic mass is 9.92. The van der Waals surface area contributed by atoms with E-state index in [0.29, 0.717) is 18.4 Å². The fourth-order valence-electron chi connectivity index (χ4n) is 2.17. The highest BCUT2D eigenvalue weighted by Crippen LogP contribution is 2.35. The second-order valence-electron chi connectivity index (χ2n) is 4.49. The van der Waals surface area contributed by atoms with Crippen LogP contribution in [0.4, 0.5) is 4.39 Å². The number of sulfone groups is 1. The zero-order valence-electron chi connectivity index (χ0n) is 9.34. The number of hydrogen-bond acceptors (Lipinski definition) is 3. The number of phenols is 1. The molecule has 3 nitrogen and oxygen atoms in total. The van der Waals surface area contributed by atoms with Crippen molar-refractivity contribution in [3.8, 4) is 5.75 Å². The molecule has 1 N–H and O–H groups in total. The fraction of sp³-hybridized carbons (Fsp3) is 0.500. The first-order chi connectivity index (χ1) is 7.98. The first-order valence-electron chi connectivity index (χ1n) is 5.61. The van der Waals surface area contributed by atoms with Gasteiger partial charge in [0, 0.05) is 0 Å². The summed E-state index contributed by atoms with van der Waals surface area (Å²) in [6.45, 7) is 0. The van der Waals surface area contributed by atoms with Gasteiger partial charge < -0.3 is 5.11 Å². The van der Waals surface area contributed by atoms with Crippen molar-refractivity contribution in [2.45, 2.75) is 19.0 Å². The molecule has 0 aromatic heterocycles. The maximum atomic E-state index is 14.1. The van der Waals surface area contributed by atoms with Gasteiger partial charge in [-0.2, -0.15) is 0 Å². The molecule has 0 amide bonds. The average Bonchev–Trinajstić information content (AvgIpc) is 2.28. The number of rotatable bonds is 2. The predicted molar refractivity (Wildman–Crippen MR) is 63.3 cm³/mol. The topological polar surface area (TPSA) is 54.4 Å². The smallest absolute Gasteiger partial charge is 0.150 e. The number of phenolic OH excluding ortho intramolecular Hbond substituents is 1. The molecule has 0 saturated carbocycles. The van der Waals surface area contributed by atoms with Crippen LogP contribution in [0.25, 0.3) is 0 Å². The Bertz CT molecular complexity index is 484. The molecule has 2 rings (SSSR count). The summed E-state index contributed by atoms with van der Waals surface area (Å²) in [4.78, 5) is 0. The van der Waals surface area contributed by atoms with Gasteiger partial charge in [-0.15, -0.1) is 0 Å². The van der Waals surface area contributed by atoms with Crippen molar-refractivity contribution in [1.82, 2.24) is 0 Å². The monoisotopic (exact) mass is 258 g/mol. The number of halogens is 1. The maximum Gasteiger partial charge on any atom is 0.150 e. The van der Waals surface area contributed by atoms with Crippen LogP contribution in [0.15, 0.2) is 24.3 Å². The Balaban J connectivity index is 2.09. The van der Waals surface area contributed by atoms with Crippen molar-refractivity contribution >= 4 is 9.84 Å². The molecule has 1 atom stereocenters. The quantitative estimate of drug-likeness (QED) is 0.885. The number of hydrogen-bond donors (Lipinski definition) is 1. The minimum absolute atomic E-state index is 0.0357. The Labute approximate surface area is 100 Å². The Kier molecular flexibility index (Phi) is 3.38. The summed E-state index contributed by atoms with van der Waals surface area (Å²) in [5.74, 6) is -0.0951. The molecule has 1 aromatic carbocycles. The Hall–Kier alpha value is -1.10. The van der Waals surface area contributed by atoms with Crippen molar-refractivity contribution in [3.05, 3.63) is 29.8 Å². The molecule has 1 aromatic rings. The second-order valence-corrected chi connectivity index (χ2v) is 6.79. The molecule has 1 fully saturated rings. The van der Waals surface area contributed by atoms with Crippen LogP contribution in [0.5, 0.6) is 5.75 Å². The van der Waals surface area contributed by atoms with Gasteiger partial charge in [0.2, 0.25) is 0 Å². The van der Waals surface area contributed by atoms with Crippen molar-refractivity contribution in [1.29, 1.82) is 0 Å². The molecule has 1 aliphatic heterocycles. The van der Waals surface area contributed by atoms with Gasteiger partial charge in [0.15, 0.2) is 0 Å². The van der Waals surface area contributed by atoms with Crippen LogP contribution in [-0.2, 0) is 9.84 Å². The standard InChI is InChI=1S/C12H15FO3S/c13-12(10-2-1-3-11(14)8-10)9-4-6-17(15,16)7-5-9/h1-3,8-9,12,14H,4-7H2. The van der Waals surface area contributed by atoms with Gasteiger partial charge in [-0.25, -0.2) is 12.8 Å². The molecule has 94 valence electrons. The molecule has 0 spiro atoms. The minimum atomic E-state index is -2.96. The average molecular weight is 258 g/mol. The molecule has 17 heavy (non-hydrogen) atoms. The Morgan fingerprint density at radius 3 is 2.53 bits per heavy atom. The third kappa shape index (κ3) is 2.97. The van der Waals surface area contributed by atoms with E-state index in [2.05, 4.69) is 0 Å². The van der Waals surface area contributed by atoms with Gasteiger partial charge in [-0.1, -0.05) is 12.1 Å². The highest BCUT2D eigenvalue weighted by Gasteiger charge is 2.30. The third-order valence-corrected chi connectivity index (χ3v) is 4.92. The maximum absolute atomic E-state index is 14.1. The molecule has 0 radical (unpaired) electrons. The van der Waals surface area contributed by atoms with Crippen LogP contribution >= 0.6 is 0 Å². The van der Waals surface area contributed by atoms with E-state index >= 15 is 0 Å². The van der Waals surface area contributed by atoms with Crippen molar-refractivity contribution in [3.63, 3.8) is 0 Å². The second kappa shape index (κ2) is 4.64. The molecular weight excluding hydrogens is 243 g/mol. The molecular formula is C12H15FO3S. The van der Waals surface area contributed by atoms with E-state index < -0.39 is 16.0 Å². The largest absolute Gasteiger partial charge is 0.508 e. The molecule has 1 unspecified atom stereocenters. The van der Waals surface area contributed by atoms with Gasteiger partial charge >= 0.3 is 0 Å². The third-order valence-electron chi connectivity index (χ3n) is 3.20.